The van der Waals surface area contributed by atoms with E-state index in [1.54, 1.807) is 24.5 Å². The fourth-order valence-corrected chi connectivity index (χ4v) is 2.00. The first-order chi connectivity index (χ1) is 6.57. The average molecular weight is 228 g/mol. The first kappa shape index (κ1) is 9.43. The maximum Gasteiger partial charge on any atom is 0.261 e. The third-order valence-corrected chi connectivity index (χ3v) is 3.25. The maximum absolute atomic E-state index is 11.0. The highest BCUT2D eigenvalue weighted by Crippen LogP contribution is 2.20. The normalized spacial score (nSPS) is 11.8. The molecule has 1 heterocycles. The summed E-state index contributed by atoms with van der Waals surface area (Å²) in [7, 11) is 1.56. The molecule has 0 bridgehead atoms. The van der Waals surface area contributed by atoms with Crippen molar-refractivity contribution in [3.63, 3.8) is 0 Å². The molecule has 0 N–H and O–H groups in total. The molecule has 0 aliphatic rings. The van der Waals surface area contributed by atoms with Gasteiger partial charge in [-0.2, -0.15) is 0 Å². The Balaban J connectivity index is 2.75. The van der Waals surface area contributed by atoms with E-state index >= 15 is 0 Å². The number of pyridine rings is 1. The first-order valence-corrected chi connectivity index (χ1v) is 6.17. The van der Waals surface area contributed by atoms with Crippen LogP contribution in [0, 0.1) is 0 Å². The van der Waals surface area contributed by atoms with Crippen LogP contribution in [0.3, 0.4) is 0 Å². The van der Waals surface area contributed by atoms with Crippen LogP contribution in [0.25, 0.3) is 10.8 Å². The molecular formula is C9H6ClNO2S. The molecule has 1 aromatic carbocycles. The Bertz CT molecular complexity index is 580. The fraction of sp³-hybridized carbons (Fsp3) is 0. The van der Waals surface area contributed by atoms with Gasteiger partial charge in [0.25, 0.3) is 9.05 Å². The minimum Gasteiger partial charge on any atom is -0.264 e. The number of benzene rings is 1. The second kappa shape index (κ2) is 3.22. The highest BCUT2D eigenvalue weighted by Gasteiger charge is 2.09. The molecule has 2 aromatic rings. The van der Waals surface area contributed by atoms with Crippen LogP contribution in [-0.2, 0) is 9.05 Å². The van der Waals surface area contributed by atoms with Crippen molar-refractivity contribution in [2.45, 2.75) is 4.90 Å². The van der Waals surface area contributed by atoms with E-state index in [1.165, 1.54) is 12.1 Å². The van der Waals surface area contributed by atoms with Gasteiger partial charge in [-0.15, -0.1) is 0 Å². The smallest absolute Gasteiger partial charge is 0.261 e. The monoisotopic (exact) mass is 227 g/mol. The molecule has 0 aliphatic carbocycles. The van der Waals surface area contributed by atoms with Crippen LogP contribution < -0.4 is 0 Å². The average Bonchev–Trinajstić information content (AvgIpc) is 2.16. The van der Waals surface area contributed by atoms with Crippen molar-refractivity contribution in [2.24, 2.45) is 0 Å². The Labute approximate surface area is 85.8 Å². The number of fused-ring (bicyclic) bond motifs is 1. The highest BCUT2D eigenvalue weighted by molar-refractivity contribution is 8.13. The van der Waals surface area contributed by atoms with Crippen LogP contribution in [-0.4, -0.2) is 13.4 Å². The molecule has 72 valence electrons. The summed E-state index contributed by atoms with van der Waals surface area (Å²) in [6.07, 6.45) is 3.25. The van der Waals surface area contributed by atoms with Gasteiger partial charge in [0.1, 0.15) is 0 Å². The largest absolute Gasteiger partial charge is 0.264 e. The highest BCUT2D eigenvalue weighted by atomic mass is 35.7. The number of hydrogen-bond donors (Lipinski definition) is 0. The van der Waals surface area contributed by atoms with Crippen molar-refractivity contribution in [1.29, 1.82) is 0 Å². The van der Waals surface area contributed by atoms with Gasteiger partial charge in [-0.1, -0.05) is 6.07 Å². The summed E-state index contributed by atoms with van der Waals surface area (Å²) in [5.74, 6) is 0. The third-order valence-electron chi connectivity index (χ3n) is 1.89. The minimum absolute atomic E-state index is 0.0969. The summed E-state index contributed by atoms with van der Waals surface area (Å²) in [6.45, 7) is 0. The molecule has 0 spiro atoms. The summed E-state index contributed by atoms with van der Waals surface area (Å²) in [5.41, 5.74) is 0. The zero-order valence-corrected chi connectivity index (χ0v) is 8.59. The van der Waals surface area contributed by atoms with Crippen LogP contribution in [0.5, 0.6) is 0 Å². The molecule has 0 saturated heterocycles. The molecule has 0 saturated carbocycles. The van der Waals surface area contributed by atoms with Crippen molar-refractivity contribution in [3.05, 3.63) is 36.7 Å². The molecule has 0 atom stereocenters. The number of hydrogen-bond acceptors (Lipinski definition) is 3. The van der Waals surface area contributed by atoms with Gasteiger partial charge < -0.3 is 0 Å². The van der Waals surface area contributed by atoms with Crippen molar-refractivity contribution in [3.8, 4) is 0 Å². The molecule has 0 fully saturated rings. The quantitative estimate of drug-likeness (QED) is 0.702. The van der Waals surface area contributed by atoms with Gasteiger partial charge in [0.05, 0.1) is 4.90 Å². The maximum atomic E-state index is 11.0. The van der Waals surface area contributed by atoms with Gasteiger partial charge in [-0.25, -0.2) is 8.42 Å². The standard InChI is InChI=1S/C9H6ClNO2S/c10-14(12,13)9-2-1-7-3-4-11-6-8(7)5-9/h1-6H. The Hall–Kier alpha value is -1.13. The summed E-state index contributed by atoms with van der Waals surface area (Å²) >= 11 is 0. The Kier molecular flexibility index (Phi) is 2.17. The Morgan fingerprint density at radius 3 is 2.64 bits per heavy atom. The van der Waals surface area contributed by atoms with E-state index in [0.717, 1.165) is 10.8 Å². The molecule has 2 rings (SSSR count). The van der Waals surface area contributed by atoms with Gasteiger partial charge in [-0.05, 0) is 23.6 Å². The third kappa shape index (κ3) is 1.71. The van der Waals surface area contributed by atoms with Crippen molar-refractivity contribution < 1.29 is 8.42 Å². The van der Waals surface area contributed by atoms with E-state index in [0.29, 0.717) is 0 Å². The van der Waals surface area contributed by atoms with Gasteiger partial charge in [0.15, 0.2) is 0 Å². The van der Waals surface area contributed by atoms with E-state index in [-0.39, 0.29) is 4.90 Å². The van der Waals surface area contributed by atoms with Crippen LogP contribution in [0.15, 0.2) is 41.6 Å². The van der Waals surface area contributed by atoms with E-state index in [2.05, 4.69) is 4.98 Å². The lowest BCUT2D eigenvalue weighted by Crippen LogP contribution is -1.89. The SMILES string of the molecule is O=S(=O)(Cl)c1ccc2ccncc2c1. The molecule has 0 amide bonds. The summed E-state index contributed by atoms with van der Waals surface area (Å²) in [5, 5.41) is 1.69. The van der Waals surface area contributed by atoms with Crippen LogP contribution in [0.2, 0.25) is 0 Å². The second-order valence-corrected chi connectivity index (χ2v) is 5.39. The molecule has 14 heavy (non-hydrogen) atoms. The number of aromatic nitrogens is 1. The molecule has 5 heteroatoms. The predicted octanol–water partition coefficient (Wildman–Crippen LogP) is 2.16. The zero-order valence-electron chi connectivity index (χ0n) is 7.01. The molecule has 0 radical (unpaired) electrons. The second-order valence-electron chi connectivity index (χ2n) is 2.82. The molecular weight excluding hydrogens is 222 g/mol. The van der Waals surface area contributed by atoms with E-state index < -0.39 is 9.05 Å². The van der Waals surface area contributed by atoms with Gasteiger partial charge in [0.2, 0.25) is 0 Å². The lowest BCUT2D eigenvalue weighted by molar-refractivity contribution is 0.609. The number of halogens is 1. The predicted molar refractivity (Wildman–Crippen MR) is 54.8 cm³/mol. The lowest BCUT2D eigenvalue weighted by Gasteiger charge is -1.98. The Morgan fingerprint density at radius 2 is 1.93 bits per heavy atom. The zero-order chi connectivity index (χ0) is 10.2. The van der Waals surface area contributed by atoms with Gasteiger partial charge >= 0.3 is 0 Å². The van der Waals surface area contributed by atoms with Gasteiger partial charge in [-0.3, -0.25) is 4.98 Å². The van der Waals surface area contributed by atoms with Gasteiger partial charge in [0, 0.05) is 28.5 Å². The van der Waals surface area contributed by atoms with Crippen molar-refractivity contribution >= 4 is 30.5 Å². The fourth-order valence-electron chi connectivity index (χ4n) is 1.21. The molecule has 1 aromatic heterocycles. The minimum atomic E-state index is -3.65. The summed E-state index contributed by atoms with van der Waals surface area (Å²) in [6, 6.07) is 6.49. The molecule has 0 aliphatic heterocycles. The molecule has 0 unspecified atom stereocenters. The van der Waals surface area contributed by atoms with E-state index in [9.17, 15) is 8.42 Å². The van der Waals surface area contributed by atoms with Crippen molar-refractivity contribution in [1.82, 2.24) is 4.98 Å². The topological polar surface area (TPSA) is 47.0 Å². The van der Waals surface area contributed by atoms with Crippen LogP contribution in [0.4, 0.5) is 0 Å². The summed E-state index contributed by atoms with van der Waals surface area (Å²) in [4.78, 5) is 4.00. The summed E-state index contributed by atoms with van der Waals surface area (Å²) < 4.78 is 22.0. The number of rotatable bonds is 1. The van der Waals surface area contributed by atoms with E-state index in [4.69, 9.17) is 10.7 Å². The molecule has 3 nitrogen and oxygen atoms in total. The number of nitrogens with zero attached hydrogens (tertiary/aromatic N) is 1. The van der Waals surface area contributed by atoms with Crippen LogP contribution >= 0.6 is 10.7 Å². The Morgan fingerprint density at radius 1 is 1.14 bits per heavy atom. The van der Waals surface area contributed by atoms with E-state index in [1.807, 2.05) is 0 Å². The van der Waals surface area contributed by atoms with Crippen molar-refractivity contribution in [2.75, 3.05) is 0 Å². The van der Waals surface area contributed by atoms with Crippen LogP contribution in [0.1, 0.15) is 0 Å². The first-order valence-electron chi connectivity index (χ1n) is 3.86. The lowest BCUT2D eigenvalue weighted by atomic mass is 10.2.